The molecule has 0 fully saturated rings. The van der Waals surface area contributed by atoms with E-state index in [0.717, 1.165) is 0 Å². The van der Waals surface area contributed by atoms with Crippen LogP contribution in [0, 0.1) is 4.91 Å². The van der Waals surface area contributed by atoms with Crippen LogP contribution in [0.15, 0.2) is 36.9 Å². The van der Waals surface area contributed by atoms with Crippen LogP contribution in [0.3, 0.4) is 0 Å². The number of carbonyl (C=O) groups excluding carboxylic acids is 1. The topological polar surface area (TPSA) is 66.6 Å². The molecule has 1 rings (SSSR count). The average Bonchev–Trinajstić information content (AvgIpc) is 2.26. The predicted octanol–water partition coefficient (Wildman–Crippen LogP) is 1.76. The van der Waals surface area contributed by atoms with Gasteiger partial charge >= 0.3 is 11.7 Å². The van der Waals surface area contributed by atoms with Crippen molar-refractivity contribution in [1.29, 1.82) is 0 Å². The molecule has 0 spiro atoms. The first-order chi connectivity index (χ1) is 7.63. The summed E-state index contributed by atoms with van der Waals surface area (Å²) in [5, 5.41) is 8.67. The summed E-state index contributed by atoms with van der Waals surface area (Å²) in [5.74, 6) is -0.410. The first-order valence-corrected chi connectivity index (χ1v) is 4.65. The summed E-state index contributed by atoms with van der Waals surface area (Å²) < 4.78 is 4.78. The smallest absolute Gasteiger partial charge is 0.316 e. The molecule has 1 N–H and O–H groups in total. The normalized spacial score (nSPS) is 9.50. The van der Waals surface area contributed by atoms with Crippen LogP contribution in [-0.2, 0) is 16.0 Å². The van der Waals surface area contributed by atoms with Crippen LogP contribution < -0.4 is 0 Å². The Morgan fingerprint density at radius 2 is 2.31 bits per heavy atom. The molecule has 0 radical (unpaired) electrons. The molecule has 0 aromatic heterocycles. The molecule has 0 heterocycles. The van der Waals surface area contributed by atoms with Gasteiger partial charge in [0.25, 0.3) is 4.92 Å². The van der Waals surface area contributed by atoms with Gasteiger partial charge in [-0.15, -0.1) is 0 Å². The van der Waals surface area contributed by atoms with E-state index in [1.165, 1.54) is 18.2 Å². The summed E-state index contributed by atoms with van der Waals surface area (Å²) in [4.78, 5) is 21.6. The number of esters is 1. The maximum atomic E-state index is 11.2. The zero-order valence-corrected chi connectivity index (χ0v) is 8.63. The van der Waals surface area contributed by atoms with Gasteiger partial charge in [0, 0.05) is 12.1 Å². The second-order valence-corrected chi connectivity index (χ2v) is 3.09. The lowest BCUT2D eigenvalue weighted by Gasteiger charge is -2.01. The monoisotopic (exact) mass is 222 g/mol. The Balaban J connectivity index is 2.66. The molecule has 5 heteroatoms. The highest BCUT2D eigenvalue weighted by atomic mass is 16.6. The van der Waals surface area contributed by atoms with E-state index in [1.807, 2.05) is 0 Å². The molecule has 84 valence electrons. The number of benzene rings is 1. The summed E-state index contributed by atoms with van der Waals surface area (Å²) >= 11 is 0. The van der Waals surface area contributed by atoms with Gasteiger partial charge in [-0.3, -0.25) is 4.79 Å². The SMILES string of the molecule is C=CCOC(=O)Cc1cccc([N+](=O)O)c1. The zero-order chi connectivity index (χ0) is 12.0. The molecular formula is C11H12NO4+. The highest BCUT2D eigenvalue weighted by molar-refractivity contribution is 5.72. The van der Waals surface area contributed by atoms with E-state index in [9.17, 15) is 9.70 Å². The van der Waals surface area contributed by atoms with Gasteiger partial charge in [0.2, 0.25) is 0 Å². The predicted molar refractivity (Wildman–Crippen MR) is 56.4 cm³/mol. The Kier molecular flexibility index (Phi) is 4.20. The van der Waals surface area contributed by atoms with E-state index in [-0.39, 0.29) is 23.6 Å². The zero-order valence-electron chi connectivity index (χ0n) is 8.63. The minimum atomic E-state index is -0.410. The summed E-state index contributed by atoms with van der Waals surface area (Å²) in [7, 11) is 0. The minimum absolute atomic E-state index is 0.0511. The summed E-state index contributed by atoms with van der Waals surface area (Å²) in [5.41, 5.74) is 0.676. The van der Waals surface area contributed by atoms with E-state index in [4.69, 9.17) is 9.94 Å². The summed E-state index contributed by atoms with van der Waals surface area (Å²) in [6.45, 7) is 3.58. The Bertz CT molecular complexity index is 414. The maximum absolute atomic E-state index is 11.2. The van der Waals surface area contributed by atoms with Crippen LogP contribution in [0.4, 0.5) is 5.69 Å². The Morgan fingerprint density at radius 1 is 1.56 bits per heavy atom. The second kappa shape index (κ2) is 5.65. The van der Waals surface area contributed by atoms with Gasteiger partial charge in [-0.25, -0.2) is 5.21 Å². The Labute approximate surface area is 92.5 Å². The highest BCUT2D eigenvalue weighted by Crippen LogP contribution is 2.13. The number of hydrogen-bond acceptors (Lipinski definition) is 3. The Hall–Kier alpha value is -2.17. The number of rotatable bonds is 5. The molecule has 0 atom stereocenters. The molecule has 0 aliphatic rings. The fraction of sp³-hybridized carbons (Fsp3) is 0.182. The van der Waals surface area contributed by atoms with Crippen LogP contribution in [0.25, 0.3) is 0 Å². The lowest BCUT2D eigenvalue weighted by atomic mass is 10.1. The van der Waals surface area contributed by atoms with Crippen molar-refractivity contribution >= 4 is 11.7 Å². The van der Waals surface area contributed by atoms with Gasteiger partial charge < -0.3 is 4.74 Å². The highest BCUT2D eigenvalue weighted by Gasteiger charge is 2.13. The molecule has 1 aromatic carbocycles. The van der Waals surface area contributed by atoms with E-state index in [0.29, 0.717) is 5.56 Å². The summed E-state index contributed by atoms with van der Waals surface area (Å²) in [6.07, 6.45) is 1.52. The fourth-order valence-electron chi connectivity index (χ4n) is 1.15. The van der Waals surface area contributed by atoms with Crippen LogP contribution in [0.2, 0.25) is 0 Å². The van der Waals surface area contributed by atoms with Crippen molar-refractivity contribution in [2.24, 2.45) is 0 Å². The number of hydrogen-bond donors (Lipinski definition) is 1. The first-order valence-electron chi connectivity index (χ1n) is 4.65. The van der Waals surface area contributed by atoms with Gasteiger partial charge in [0.05, 0.1) is 11.3 Å². The van der Waals surface area contributed by atoms with Crippen LogP contribution >= 0.6 is 0 Å². The van der Waals surface area contributed by atoms with Gasteiger partial charge in [-0.2, -0.15) is 0 Å². The van der Waals surface area contributed by atoms with Crippen LogP contribution in [0.5, 0.6) is 0 Å². The van der Waals surface area contributed by atoms with Crippen molar-refractivity contribution in [3.05, 3.63) is 47.4 Å². The molecule has 0 amide bonds. The van der Waals surface area contributed by atoms with Crippen molar-refractivity contribution in [3.8, 4) is 0 Å². The quantitative estimate of drug-likeness (QED) is 0.468. The van der Waals surface area contributed by atoms with Gasteiger partial charge in [0.1, 0.15) is 6.61 Å². The first kappa shape index (κ1) is 11.9. The van der Waals surface area contributed by atoms with Gasteiger partial charge in [0.15, 0.2) is 0 Å². The van der Waals surface area contributed by atoms with Crippen molar-refractivity contribution in [2.45, 2.75) is 6.42 Å². The molecule has 0 bridgehead atoms. The van der Waals surface area contributed by atoms with E-state index in [1.54, 1.807) is 12.1 Å². The summed E-state index contributed by atoms with van der Waals surface area (Å²) in [6, 6.07) is 6.10. The van der Waals surface area contributed by atoms with Crippen molar-refractivity contribution in [2.75, 3.05) is 6.61 Å². The third-order valence-electron chi connectivity index (χ3n) is 1.84. The molecule has 5 nitrogen and oxygen atoms in total. The van der Waals surface area contributed by atoms with E-state index < -0.39 is 5.97 Å². The molecular weight excluding hydrogens is 210 g/mol. The largest absolute Gasteiger partial charge is 0.461 e. The number of ether oxygens (including phenoxy) is 1. The standard InChI is InChI=1S/C11H12NO4/c1-2-6-16-11(13)8-9-4-3-5-10(7-9)12(14)15/h2-5,7H,1,6,8H2,(H,14,15)/q+1. The van der Waals surface area contributed by atoms with Crippen LogP contribution in [0.1, 0.15) is 5.56 Å². The Morgan fingerprint density at radius 3 is 2.94 bits per heavy atom. The van der Waals surface area contributed by atoms with Gasteiger partial charge in [-0.05, 0) is 5.56 Å². The molecule has 1 aromatic rings. The molecule has 0 aliphatic heterocycles. The van der Waals surface area contributed by atoms with Crippen molar-refractivity contribution in [1.82, 2.24) is 0 Å². The lowest BCUT2D eigenvalue weighted by Crippen LogP contribution is -2.08. The van der Waals surface area contributed by atoms with Crippen molar-refractivity contribution < 1.29 is 19.7 Å². The van der Waals surface area contributed by atoms with E-state index >= 15 is 0 Å². The molecule has 0 aliphatic carbocycles. The lowest BCUT2D eigenvalue weighted by molar-refractivity contribution is -0.729. The fourth-order valence-corrected chi connectivity index (χ4v) is 1.15. The molecule has 16 heavy (non-hydrogen) atoms. The third-order valence-corrected chi connectivity index (χ3v) is 1.84. The average molecular weight is 222 g/mol. The van der Waals surface area contributed by atoms with E-state index in [2.05, 4.69) is 6.58 Å². The third kappa shape index (κ3) is 3.53. The molecule has 0 saturated heterocycles. The second-order valence-electron chi connectivity index (χ2n) is 3.09. The maximum Gasteiger partial charge on any atom is 0.316 e. The molecule has 0 unspecified atom stereocenters. The number of carbonyl (C=O) groups is 1. The number of nitrogens with zero attached hydrogens (tertiary/aromatic N) is 1. The van der Waals surface area contributed by atoms with Gasteiger partial charge in [-0.1, -0.05) is 24.8 Å². The van der Waals surface area contributed by atoms with Crippen LogP contribution in [-0.4, -0.2) is 22.7 Å². The van der Waals surface area contributed by atoms with Crippen molar-refractivity contribution in [3.63, 3.8) is 0 Å². The minimum Gasteiger partial charge on any atom is -0.461 e. The molecule has 0 saturated carbocycles.